The van der Waals surface area contributed by atoms with E-state index in [4.69, 9.17) is 4.74 Å². The van der Waals surface area contributed by atoms with Crippen LogP contribution in [-0.2, 0) is 9.53 Å². The van der Waals surface area contributed by atoms with Crippen LogP contribution in [0, 0.1) is 5.92 Å². The highest BCUT2D eigenvalue weighted by atomic mass is 16.5. The fraction of sp³-hybridized carbons (Fsp3) is 0.889. The molecule has 11 heavy (non-hydrogen) atoms. The van der Waals surface area contributed by atoms with Crippen LogP contribution in [-0.4, -0.2) is 19.0 Å². The van der Waals surface area contributed by atoms with Gasteiger partial charge in [0.1, 0.15) is 5.78 Å². The monoisotopic (exact) mass is 156 g/mol. The Morgan fingerprint density at radius 1 is 1.73 bits per heavy atom. The lowest BCUT2D eigenvalue weighted by molar-refractivity contribution is -0.121. The van der Waals surface area contributed by atoms with E-state index < -0.39 is 0 Å². The topological polar surface area (TPSA) is 26.3 Å². The summed E-state index contributed by atoms with van der Waals surface area (Å²) in [7, 11) is 1.70. The van der Waals surface area contributed by atoms with Crippen LogP contribution in [0.4, 0.5) is 0 Å². The molecule has 1 saturated carbocycles. The van der Waals surface area contributed by atoms with Gasteiger partial charge in [0.2, 0.25) is 0 Å². The second-order valence-electron chi connectivity index (χ2n) is 3.34. The summed E-state index contributed by atoms with van der Waals surface area (Å²) in [5, 5.41) is 0. The molecule has 1 rings (SSSR count). The van der Waals surface area contributed by atoms with Crippen molar-refractivity contribution in [3.8, 4) is 0 Å². The number of methoxy groups -OCH3 is 1. The molecule has 1 aliphatic carbocycles. The summed E-state index contributed by atoms with van der Waals surface area (Å²) in [6, 6.07) is 0. The van der Waals surface area contributed by atoms with Gasteiger partial charge in [0.15, 0.2) is 0 Å². The highest BCUT2D eigenvalue weighted by Crippen LogP contribution is 2.25. The zero-order valence-corrected chi connectivity index (χ0v) is 7.30. The van der Waals surface area contributed by atoms with Gasteiger partial charge in [0.25, 0.3) is 0 Å². The quantitative estimate of drug-likeness (QED) is 0.622. The fourth-order valence-electron chi connectivity index (χ4n) is 1.63. The number of carbonyl (C=O) groups excluding carboxylic acids is 1. The Balaban J connectivity index is 2.30. The first-order valence-electron chi connectivity index (χ1n) is 4.29. The maximum Gasteiger partial charge on any atom is 0.136 e. The van der Waals surface area contributed by atoms with Crippen LogP contribution in [0.15, 0.2) is 0 Å². The van der Waals surface area contributed by atoms with Crippen molar-refractivity contribution in [1.29, 1.82) is 0 Å². The zero-order valence-electron chi connectivity index (χ0n) is 7.30. The van der Waals surface area contributed by atoms with Gasteiger partial charge in [0.05, 0.1) is 6.10 Å². The summed E-state index contributed by atoms with van der Waals surface area (Å²) in [5.74, 6) is 0.735. The predicted molar refractivity (Wildman–Crippen MR) is 43.4 cm³/mol. The summed E-state index contributed by atoms with van der Waals surface area (Å²) >= 11 is 0. The number of rotatable bonds is 3. The Kier molecular flexibility index (Phi) is 3.06. The lowest BCUT2D eigenvalue weighted by Crippen LogP contribution is -2.15. The van der Waals surface area contributed by atoms with Gasteiger partial charge in [-0.3, -0.25) is 4.79 Å². The molecule has 0 aromatic heterocycles. The number of Topliss-reactive ketones (excluding diaryl/α,β-unsaturated/α-hetero) is 1. The van der Waals surface area contributed by atoms with Gasteiger partial charge in [0, 0.05) is 19.4 Å². The largest absolute Gasteiger partial charge is 0.382 e. The van der Waals surface area contributed by atoms with E-state index in [-0.39, 0.29) is 6.10 Å². The van der Waals surface area contributed by atoms with Crippen molar-refractivity contribution in [1.82, 2.24) is 0 Å². The highest BCUT2D eigenvalue weighted by molar-refractivity contribution is 5.82. The number of ketones is 1. The molecule has 0 radical (unpaired) electrons. The van der Waals surface area contributed by atoms with Gasteiger partial charge >= 0.3 is 0 Å². The number of carbonyl (C=O) groups is 1. The Morgan fingerprint density at radius 2 is 2.45 bits per heavy atom. The standard InChI is InChI=1S/C9H16O2/c1-7(11-2)6-8-4-3-5-9(8)10/h7-8H,3-6H2,1-2H3. The molecule has 0 aliphatic heterocycles. The smallest absolute Gasteiger partial charge is 0.136 e. The van der Waals surface area contributed by atoms with Crippen LogP contribution in [0.25, 0.3) is 0 Å². The Morgan fingerprint density at radius 3 is 2.91 bits per heavy atom. The summed E-state index contributed by atoms with van der Waals surface area (Å²) in [4.78, 5) is 11.2. The lowest BCUT2D eigenvalue weighted by atomic mass is 10.00. The second kappa shape index (κ2) is 3.86. The van der Waals surface area contributed by atoms with Crippen molar-refractivity contribution in [2.24, 2.45) is 5.92 Å². The molecule has 64 valence electrons. The Labute approximate surface area is 67.9 Å². The molecule has 0 heterocycles. The van der Waals surface area contributed by atoms with Crippen molar-refractivity contribution in [3.63, 3.8) is 0 Å². The molecule has 0 spiro atoms. The summed E-state index contributed by atoms with van der Waals surface area (Å²) in [5.41, 5.74) is 0. The first-order valence-corrected chi connectivity index (χ1v) is 4.29. The molecule has 0 saturated heterocycles. The van der Waals surface area contributed by atoms with E-state index in [1.807, 2.05) is 6.92 Å². The number of hydrogen-bond acceptors (Lipinski definition) is 2. The average Bonchev–Trinajstić information content (AvgIpc) is 2.37. The molecule has 0 aromatic carbocycles. The molecule has 1 fully saturated rings. The van der Waals surface area contributed by atoms with E-state index in [0.717, 1.165) is 25.7 Å². The Bertz CT molecular complexity index is 142. The summed E-state index contributed by atoms with van der Waals surface area (Å²) < 4.78 is 5.11. The van der Waals surface area contributed by atoms with E-state index in [1.54, 1.807) is 7.11 Å². The van der Waals surface area contributed by atoms with Crippen LogP contribution in [0.5, 0.6) is 0 Å². The van der Waals surface area contributed by atoms with Gasteiger partial charge in [-0.25, -0.2) is 0 Å². The third-order valence-corrected chi connectivity index (χ3v) is 2.45. The molecule has 1 aliphatic rings. The molecular formula is C9H16O2. The summed E-state index contributed by atoms with van der Waals surface area (Å²) in [6.45, 7) is 2.02. The highest BCUT2D eigenvalue weighted by Gasteiger charge is 2.25. The van der Waals surface area contributed by atoms with Crippen LogP contribution < -0.4 is 0 Å². The summed E-state index contributed by atoms with van der Waals surface area (Å²) in [6.07, 6.45) is 4.10. The van der Waals surface area contributed by atoms with Gasteiger partial charge in [-0.2, -0.15) is 0 Å². The molecule has 2 nitrogen and oxygen atoms in total. The van der Waals surface area contributed by atoms with Gasteiger partial charge in [-0.1, -0.05) is 0 Å². The maximum atomic E-state index is 11.2. The van der Waals surface area contributed by atoms with Crippen LogP contribution in [0.1, 0.15) is 32.6 Å². The van der Waals surface area contributed by atoms with Gasteiger partial charge < -0.3 is 4.74 Å². The van der Waals surface area contributed by atoms with Gasteiger partial charge in [-0.05, 0) is 26.2 Å². The second-order valence-corrected chi connectivity index (χ2v) is 3.34. The maximum absolute atomic E-state index is 11.2. The zero-order chi connectivity index (χ0) is 8.27. The molecule has 2 heteroatoms. The van der Waals surface area contributed by atoms with E-state index in [0.29, 0.717) is 11.7 Å². The van der Waals surface area contributed by atoms with Crippen molar-refractivity contribution in [2.45, 2.75) is 38.7 Å². The van der Waals surface area contributed by atoms with E-state index in [2.05, 4.69) is 0 Å². The SMILES string of the molecule is COC(C)CC1CCCC1=O. The minimum absolute atomic E-state index is 0.238. The van der Waals surface area contributed by atoms with E-state index in [1.165, 1.54) is 0 Å². The molecule has 2 unspecified atom stereocenters. The van der Waals surface area contributed by atoms with E-state index >= 15 is 0 Å². The van der Waals surface area contributed by atoms with Crippen molar-refractivity contribution >= 4 is 5.78 Å². The van der Waals surface area contributed by atoms with Crippen LogP contribution >= 0.6 is 0 Å². The first-order chi connectivity index (χ1) is 5.24. The van der Waals surface area contributed by atoms with Crippen molar-refractivity contribution in [3.05, 3.63) is 0 Å². The van der Waals surface area contributed by atoms with Crippen LogP contribution in [0.3, 0.4) is 0 Å². The third-order valence-electron chi connectivity index (χ3n) is 2.45. The molecule has 0 amide bonds. The predicted octanol–water partition coefficient (Wildman–Crippen LogP) is 1.78. The fourth-order valence-corrected chi connectivity index (χ4v) is 1.63. The number of hydrogen-bond donors (Lipinski definition) is 0. The number of ether oxygens (including phenoxy) is 1. The minimum Gasteiger partial charge on any atom is -0.382 e. The first kappa shape index (κ1) is 8.72. The van der Waals surface area contributed by atoms with Gasteiger partial charge in [-0.15, -0.1) is 0 Å². The van der Waals surface area contributed by atoms with Crippen molar-refractivity contribution < 1.29 is 9.53 Å². The lowest BCUT2D eigenvalue weighted by Gasteiger charge is -2.12. The minimum atomic E-state index is 0.238. The van der Waals surface area contributed by atoms with Crippen LogP contribution in [0.2, 0.25) is 0 Å². The van der Waals surface area contributed by atoms with Crippen molar-refractivity contribution in [2.75, 3.05) is 7.11 Å². The molecule has 0 bridgehead atoms. The van der Waals surface area contributed by atoms with E-state index in [9.17, 15) is 4.79 Å². The molecule has 0 N–H and O–H groups in total. The Hall–Kier alpha value is -0.370. The third kappa shape index (κ3) is 2.29. The molecule has 0 aromatic rings. The average molecular weight is 156 g/mol. The molecular weight excluding hydrogens is 140 g/mol. The normalized spacial score (nSPS) is 27.5. The molecule has 2 atom stereocenters.